The Morgan fingerprint density at radius 1 is 1.12 bits per heavy atom. The number of pyridine rings is 1. The molecule has 10 heteroatoms. The zero-order valence-corrected chi connectivity index (χ0v) is 17.9. The smallest absolute Gasteiger partial charge is 0.258 e. The molecular formula is C22H18F2N4O3S. The van der Waals surface area contributed by atoms with Crippen LogP contribution in [0, 0.1) is 16.4 Å². The predicted molar refractivity (Wildman–Crippen MR) is 116 cm³/mol. The van der Waals surface area contributed by atoms with Crippen LogP contribution in [0.5, 0.6) is 5.75 Å². The molecule has 2 heterocycles. The third kappa shape index (κ3) is 4.35. The fourth-order valence-electron chi connectivity index (χ4n) is 3.34. The monoisotopic (exact) mass is 456 g/mol. The van der Waals surface area contributed by atoms with Crippen molar-refractivity contribution in [1.29, 1.82) is 4.78 Å². The first-order valence-corrected chi connectivity index (χ1v) is 11.4. The average Bonchev–Trinajstić information content (AvgIpc) is 2.72. The second-order valence-electron chi connectivity index (χ2n) is 7.26. The van der Waals surface area contributed by atoms with Crippen molar-refractivity contribution in [2.75, 3.05) is 13.4 Å². The summed E-state index contributed by atoms with van der Waals surface area (Å²) in [6, 6.07) is 9.37. The van der Waals surface area contributed by atoms with E-state index in [1.807, 2.05) is 0 Å². The van der Waals surface area contributed by atoms with Crippen molar-refractivity contribution in [3.63, 3.8) is 0 Å². The SMILES string of the molecule is COc1cc2c(=O)[nH]c(Cc3ccc(-c4cc(F)cc(F)c4)nc3)nc2cc1S(C)(=N)=O. The predicted octanol–water partition coefficient (Wildman–Crippen LogP) is 3.90. The molecule has 0 amide bonds. The molecule has 7 nitrogen and oxygen atoms in total. The highest BCUT2D eigenvalue weighted by Gasteiger charge is 2.16. The van der Waals surface area contributed by atoms with Crippen LogP contribution >= 0.6 is 0 Å². The van der Waals surface area contributed by atoms with Crippen LogP contribution in [0.2, 0.25) is 0 Å². The summed E-state index contributed by atoms with van der Waals surface area (Å²) in [7, 11) is -1.72. The van der Waals surface area contributed by atoms with Crippen LogP contribution in [-0.4, -0.2) is 32.5 Å². The Hall–Kier alpha value is -3.66. The third-order valence-corrected chi connectivity index (χ3v) is 5.97. The van der Waals surface area contributed by atoms with E-state index in [1.54, 1.807) is 12.1 Å². The lowest BCUT2D eigenvalue weighted by Gasteiger charge is -2.11. The van der Waals surface area contributed by atoms with Gasteiger partial charge in [-0.3, -0.25) is 9.78 Å². The first kappa shape index (κ1) is 21.6. The molecule has 0 bridgehead atoms. The maximum absolute atomic E-state index is 13.4. The zero-order valence-electron chi connectivity index (χ0n) is 17.1. The van der Waals surface area contributed by atoms with Crippen molar-refractivity contribution in [3.05, 3.63) is 82.0 Å². The summed E-state index contributed by atoms with van der Waals surface area (Å²) in [5.41, 5.74) is 1.31. The van der Waals surface area contributed by atoms with Crippen LogP contribution in [0.4, 0.5) is 8.78 Å². The van der Waals surface area contributed by atoms with Crippen molar-refractivity contribution < 1.29 is 17.7 Å². The lowest BCUT2D eigenvalue weighted by Crippen LogP contribution is -2.13. The van der Waals surface area contributed by atoms with Crippen LogP contribution in [-0.2, 0) is 16.1 Å². The fraction of sp³-hybridized carbons (Fsp3) is 0.136. The minimum Gasteiger partial charge on any atom is -0.495 e. The van der Waals surface area contributed by atoms with Crippen molar-refractivity contribution >= 4 is 20.6 Å². The number of hydrogen-bond donors (Lipinski definition) is 2. The lowest BCUT2D eigenvalue weighted by atomic mass is 10.1. The molecule has 0 saturated heterocycles. The maximum atomic E-state index is 13.4. The Morgan fingerprint density at radius 3 is 2.44 bits per heavy atom. The van der Waals surface area contributed by atoms with Gasteiger partial charge >= 0.3 is 0 Å². The first-order valence-electron chi connectivity index (χ1n) is 9.40. The van der Waals surface area contributed by atoms with Crippen molar-refractivity contribution in [2.45, 2.75) is 11.3 Å². The molecule has 0 spiro atoms. The highest BCUT2D eigenvalue weighted by Crippen LogP contribution is 2.28. The molecule has 2 aromatic heterocycles. The van der Waals surface area contributed by atoms with E-state index in [0.29, 0.717) is 28.2 Å². The Kier molecular flexibility index (Phi) is 5.47. The van der Waals surface area contributed by atoms with Crippen LogP contribution in [0.25, 0.3) is 22.2 Å². The summed E-state index contributed by atoms with van der Waals surface area (Å²) in [5, 5.41) is 0.250. The largest absolute Gasteiger partial charge is 0.495 e. The Balaban J connectivity index is 1.69. The Labute approximate surface area is 182 Å². The van der Waals surface area contributed by atoms with Gasteiger partial charge in [0.05, 0.1) is 38.3 Å². The van der Waals surface area contributed by atoms with Crippen molar-refractivity contribution in [1.82, 2.24) is 15.0 Å². The van der Waals surface area contributed by atoms with E-state index in [1.165, 1.54) is 43.8 Å². The molecule has 2 aromatic carbocycles. The van der Waals surface area contributed by atoms with Crippen LogP contribution in [0.1, 0.15) is 11.4 Å². The number of ether oxygens (including phenoxy) is 1. The van der Waals surface area contributed by atoms with Gasteiger partial charge in [-0.1, -0.05) is 6.07 Å². The van der Waals surface area contributed by atoms with E-state index < -0.39 is 26.9 Å². The minimum absolute atomic E-state index is 0.157. The number of aromatic amines is 1. The maximum Gasteiger partial charge on any atom is 0.258 e. The molecule has 4 rings (SSSR count). The van der Waals surface area contributed by atoms with Crippen LogP contribution in [0.3, 0.4) is 0 Å². The molecule has 0 saturated carbocycles. The summed E-state index contributed by atoms with van der Waals surface area (Å²) in [5.74, 6) is -0.849. The number of hydrogen-bond acceptors (Lipinski definition) is 6. The number of halogens is 2. The van der Waals surface area contributed by atoms with E-state index in [2.05, 4.69) is 15.0 Å². The van der Waals surface area contributed by atoms with E-state index >= 15 is 0 Å². The molecular weight excluding hydrogens is 438 g/mol. The highest BCUT2D eigenvalue weighted by atomic mass is 32.2. The van der Waals surface area contributed by atoms with Gasteiger partial charge in [0, 0.05) is 30.5 Å². The number of nitrogens with zero attached hydrogens (tertiary/aromatic N) is 2. The second-order valence-corrected chi connectivity index (χ2v) is 9.39. The molecule has 2 N–H and O–H groups in total. The molecule has 0 radical (unpaired) electrons. The number of nitrogens with one attached hydrogen (secondary N) is 2. The average molecular weight is 456 g/mol. The number of aromatic nitrogens is 3. The van der Waals surface area contributed by atoms with Crippen molar-refractivity contribution in [2.24, 2.45) is 0 Å². The Bertz CT molecular complexity index is 1480. The van der Waals surface area contributed by atoms with Gasteiger partial charge in [-0.2, -0.15) is 0 Å². The normalized spacial score (nSPS) is 13.1. The van der Waals surface area contributed by atoms with Gasteiger partial charge in [0.2, 0.25) is 0 Å². The molecule has 1 atom stereocenters. The summed E-state index contributed by atoms with van der Waals surface area (Å²) in [4.78, 5) is 24.1. The highest BCUT2D eigenvalue weighted by molar-refractivity contribution is 7.91. The van der Waals surface area contributed by atoms with E-state index in [0.717, 1.165) is 6.07 Å². The summed E-state index contributed by atoms with van der Waals surface area (Å²) >= 11 is 0. The van der Waals surface area contributed by atoms with Gasteiger partial charge in [-0.25, -0.2) is 22.8 Å². The van der Waals surface area contributed by atoms with Gasteiger partial charge in [0.15, 0.2) is 0 Å². The number of benzene rings is 2. The van der Waals surface area contributed by atoms with E-state index in [4.69, 9.17) is 9.52 Å². The fourth-order valence-corrected chi connectivity index (χ4v) is 4.20. The number of methoxy groups -OCH3 is 1. The molecule has 0 fully saturated rings. The second kappa shape index (κ2) is 8.12. The number of fused-ring (bicyclic) bond motifs is 1. The molecule has 0 aliphatic carbocycles. The zero-order chi connectivity index (χ0) is 23.0. The van der Waals surface area contributed by atoms with Crippen LogP contribution in [0.15, 0.2) is 58.4 Å². The summed E-state index contributed by atoms with van der Waals surface area (Å²) < 4.78 is 52.2. The third-order valence-electron chi connectivity index (χ3n) is 4.81. The van der Waals surface area contributed by atoms with Gasteiger partial charge < -0.3 is 9.72 Å². The molecule has 0 aliphatic heterocycles. The number of rotatable bonds is 5. The van der Waals surface area contributed by atoms with Crippen LogP contribution < -0.4 is 10.3 Å². The molecule has 4 aromatic rings. The quantitative estimate of drug-likeness (QED) is 0.474. The van der Waals surface area contributed by atoms with Gasteiger partial charge in [0.1, 0.15) is 23.2 Å². The molecule has 1 unspecified atom stereocenters. The summed E-state index contributed by atoms with van der Waals surface area (Å²) in [6.45, 7) is 0. The topological polar surface area (TPSA) is 109 Å². The first-order chi connectivity index (χ1) is 15.1. The van der Waals surface area contributed by atoms with E-state index in [9.17, 15) is 17.8 Å². The Morgan fingerprint density at radius 2 is 1.84 bits per heavy atom. The minimum atomic E-state index is -3.10. The van der Waals surface area contributed by atoms with Crippen molar-refractivity contribution in [3.8, 4) is 17.0 Å². The lowest BCUT2D eigenvalue weighted by molar-refractivity contribution is 0.404. The molecule has 0 aliphatic rings. The number of H-pyrrole nitrogens is 1. The van der Waals surface area contributed by atoms with E-state index in [-0.39, 0.29) is 22.5 Å². The summed E-state index contributed by atoms with van der Waals surface area (Å²) in [6.07, 6.45) is 3.03. The van der Waals surface area contributed by atoms with Gasteiger partial charge in [-0.05, 0) is 35.9 Å². The van der Waals surface area contributed by atoms with Gasteiger partial charge in [-0.15, -0.1) is 0 Å². The van der Waals surface area contributed by atoms with Gasteiger partial charge in [0.25, 0.3) is 5.56 Å². The standard InChI is InChI=1S/C22H18F2N4O3S/c1-31-19-9-16-18(10-20(19)32(2,25)30)27-21(28-22(16)29)5-12-3-4-17(26-11-12)13-6-14(23)8-15(24)7-13/h3-4,6-11,25H,5H2,1-2H3,(H,27,28,29). The molecule has 164 valence electrons. The molecule has 32 heavy (non-hydrogen) atoms.